The van der Waals surface area contributed by atoms with Crippen LogP contribution in [0.1, 0.15) is 27.7 Å². The van der Waals surface area contributed by atoms with E-state index in [1.54, 1.807) is 13.1 Å². The lowest BCUT2D eigenvalue weighted by atomic mass is 10.0. The molecule has 5 heteroatoms. The molecule has 0 aliphatic carbocycles. The van der Waals surface area contributed by atoms with Crippen molar-refractivity contribution >= 4 is 34.4 Å². The highest BCUT2D eigenvalue weighted by Gasteiger charge is 2.24. The molecule has 0 saturated heterocycles. The third-order valence-electron chi connectivity index (χ3n) is 3.34. The molecule has 19 heavy (non-hydrogen) atoms. The largest absolute Gasteiger partial charge is 0.365 e. The SMILES string of the molecule is CC(=O)c1cccc2c1N(Cc1cnc(Cl)s1)CC2. The van der Waals surface area contributed by atoms with Crippen LogP contribution in [0.25, 0.3) is 0 Å². The minimum atomic E-state index is 0.117. The van der Waals surface area contributed by atoms with Crippen molar-refractivity contribution in [1.82, 2.24) is 4.98 Å². The van der Waals surface area contributed by atoms with E-state index in [4.69, 9.17) is 11.6 Å². The molecule has 0 saturated carbocycles. The number of ketones is 1. The van der Waals surface area contributed by atoms with Crippen LogP contribution in [-0.4, -0.2) is 17.3 Å². The van der Waals surface area contributed by atoms with Crippen molar-refractivity contribution in [2.45, 2.75) is 19.9 Å². The highest BCUT2D eigenvalue weighted by atomic mass is 35.5. The summed E-state index contributed by atoms with van der Waals surface area (Å²) in [6.07, 6.45) is 2.80. The summed E-state index contributed by atoms with van der Waals surface area (Å²) in [6.45, 7) is 3.33. The number of rotatable bonds is 3. The van der Waals surface area contributed by atoms with Gasteiger partial charge in [0.15, 0.2) is 10.3 Å². The van der Waals surface area contributed by atoms with E-state index in [0.717, 1.165) is 35.6 Å². The number of carbonyl (C=O) groups excluding carboxylic acids is 1. The number of fused-ring (bicyclic) bond motifs is 1. The summed E-state index contributed by atoms with van der Waals surface area (Å²) in [5.74, 6) is 0.117. The molecule has 0 amide bonds. The second-order valence-corrected chi connectivity index (χ2v) is 6.32. The number of Topliss-reactive ketones (excluding diaryl/α,β-unsaturated/α-hetero) is 1. The van der Waals surface area contributed by atoms with Crippen LogP contribution in [0, 0.1) is 0 Å². The maximum Gasteiger partial charge on any atom is 0.183 e. The summed E-state index contributed by atoms with van der Waals surface area (Å²) in [4.78, 5) is 19.2. The monoisotopic (exact) mass is 292 g/mol. The molecule has 1 aromatic heterocycles. The van der Waals surface area contributed by atoms with Crippen LogP contribution in [0.4, 0.5) is 5.69 Å². The van der Waals surface area contributed by atoms with Gasteiger partial charge in [0.2, 0.25) is 0 Å². The van der Waals surface area contributed by atoms with Crippen LogP contribution in [-0.2, 0) is 13.0 Å². The topological polar surface area (TPSA) is 33.2 Å². The number of hydrogen-bond acceptors (Lipinski definition) is 4. The molecule has 1 aromatic carbocycles. The molecule has 98 valence electrons. The van der Waals surface area contributed by atoms with Crippen LogP contribution in [0.2, 0.25) is 4.47 Å². The number of para-hydroxylation sites is 1. The van der Waals surface area contributed by atoms with Gasteiger partial charge in [0.05, 0.1) is 12.2 Å². The zero-order valence-corrected chi connectivity index (χ0v) is 12.1. The number of aromatic nitrogens is 1. The first-order chi connectivity index (χ1) is 9.15. The highest BCUT2D eigenvalue weighted by molar-refractivity contribution is 7.15. The minimum absolute atomic E-state index is 0.117. The van der Waals surface area contributed by atoms with E-state index >= 15 is 0 Å². The van der Waals surface area contributed by atoms with Crippen LogP contribution >= 0.6 is 22.9 Å². The Labute approximate surface area is 120 Å². The van der Waals surface area contributed by atoms with Crippen molar-refractivity contribution in [3.8, 4) is 0 Å². The second-order valence-electron chi connectivity index (χ2n) is 4.62. The Bertz CT molecular complexity index is 638. The maximum absolute atomic E-state index is 11.7. The fourth-order valence-electron chi connectivity index (χ4n) is 2.52. The first-order valence-corrected chi connectivity index (χ1v) is 7.32. The molecule has 0 N–H and O–H groups in total. The molecule has 0 atom stereocenters. The maximum atomic E-state index is 11.7. The molecule has 0 radical (unpaired) electrons. The molecule has 0 bridgehead atoms. The van der Waals surface area contributed by atoms with E-state index in [1.807, 2.05) is 12.1 Å². The fourth-order valence-corrected chi connectivity index (χ4v) is 3.51. The molecular weight excluding hydrogens is 280 g/mol. The Morgan fingerprint density at radius 1 is 1.53 bits per heavy atom. The normalized spacial score (nSPS) is 13.7. The van der Waals surface area contributed by atoms with Gasteiger partial charge in [-0.3, -0.25) is 4.79 Å². The van der Waals surface area contributed by atoms with Crippen molar-refractivity contribution in [1.29, 1.82) is 0 Å². The van der Waals surface area contributed by atoms with Crippen LogP contribution in [0.15, 0.2) is 24.4 Å². The molecule has 0 fully saturated rings. The zero-order chi connectivity index (χ0) is 13.4. The van der Waals surface area contributed by atoms with Crippen LogP contribution < -0.4 is 4.90 Å². The number of thiazole rings is 1. The Morgan fingerprint density at radius 3 is 3.05 bits per heavy atom. The first kappa shape index (κ1) is 12.6. The summed E-state index contributed by atoms with van der Waals surface area (Å²) in [5, 5.41) is 0. The van der Waals surface area contributed by atoms with Crippen molar-refractivity contribution < 1.29 is 4.79 Å². The lowest BCUT2D eigenvalue weighted by molar-refractivity contribution is 0.101. The Balaban J connectivity index is 1.94. The van der Waals surface area contributed by atoms with Crippen molar-refractivity contribution in [3.05, 3.63) is 44.9 Å². The number of benzene rings is 1. The van der Waals surface area contributed by atoms with Crippen molar-refractivity contribution in [3.63, 3.8) is 0 Å². The van der Waals surface area contributed by atoms with Gasteiger partial charge in [0, 0.05) is 23.2 Å². The molecule has 0 unspecified atom stereocenters. The third-order valence-corrected chi connectivity index (χ3v) is 4.44. The predicted octanol–water partition coefficient (Wildman–Crippen LogP) is 3.56. The van der Waals surface area contributed by atoms with E-state index in [2.05, 4.69) is 16.0 Å². The molecule has 3 rings (SSSR count). The molecule has 2 heterocycles. The molecule has 2 aromatic rings. The quantitative estimate of drug-likeness (QED) is 0.811. The fraction of sp³-hybridized carbons (Fsp3) is 0.286. The van der Waals surface area contributed by atoms with Gasteiger partial charge in [0.25, 0.3) is 0 Å². The highest BCUT2D eigenvalue weighted by Crippen LogP contribution is 2.34. The third kappa shape index (κ3) is 2.38. The smallest absolute Gasteiger partial charge is 0.183 e. The van der Waals surface area contributed by atoms with Gasteiger partial charge in [-0.25, -0.2) is 4.98 Å². The molecule has 3 nitrogen and oxygen atoms in total. The lowest BCUT2D eigenvalue weighted by Gasteiger charge is -2.20. The number of carbonyl (C=O) groups is 1. The number of anilines is 1. The number of nitrogens with zero attached hydrogens (tertiary/aromatic N) is 2. The van der Waals surface area contributed by atoms with Crippen LogP contribution in [0.3, 0.4) is 0 Å². The standard InChI is InChI=1S/C14H13ClN2OS/c1-9(18)12-4-2-3-10-5-6-17(13(10)12)8-11-7-16-14(15)19-11/h2-4,7H,5-6,8H2,1H3. The van der Waals surface area contributed by atoms with E-state index < -0.39 is 0 Å². The van der Waals surface area contributed by atoms with Gasteiger partial charge < -0.3 is 4.90 Å². The Kier molecular flexibility index (Phi) is 3.29. The lowest BCUT2D eigenvalue weighted by Crippen LogP contribution is -2.20. The van der Waals surface area contributed by atoms with Crippen LogP contribution in [0.5, 0.6) is 0 Å². The average Bonchev–Trinajstić information content (AvgIpc) is 2.97. The number of hydrogen-bond donors (Lipinski definition) is 0. The minimum Gasteiger partial charge on any atom is -0.365 e. The van der Waals surface area contributed by atoms with E-state index in [-0.39, 0.29) is 5.78 Å². The second kappa shape index (κ2) is 4.94. The summed E-state index contributed by atoms with van der Waals surface area (Å²) in [5.41, 5.74) is 3.15. The van der Waals surface area contributed by atoms with E-state index in [9.17, 15) is 4.79 Å². The van der Waals surface area contributed by atoms with Gasteiger partial charge in [-0.05, 0) is 25.0 Å². The van der Waals surface area contributed by atoms with Gasteiger partial charge in [-0.2, -0.15) is 0 Å². The molecule has 0 spiro atoms. The number of halogens is 1. The Morgan fingerprint density at radius 2 is 2.37 bits per heavy atom. The van der Waals surface area contributed by atoms with E-state index in [1.165, 1.54) is 16.9 Å². The molecule has 1 aliphatic heterocycles. The molecule has 1 aliphatic rings. The summed E-state index contributed by atoms with van der Waals surface area (Å²) < 4.78 is 0.564. The van der Waals surface area contributed by atoms with E-state index in [0.29, 0.717) is 4.47 Å². The molecular formula is C14H13ClN2OS. The van der Waals surface area contributed by atoms with Crippen molar-refractivity contribution in [2.24, 2.45) is 0 Å². The summed E-state index contributed by atoms with van der Waals surface area (Å²) >= 11 is 7.35. The Hall–Kier alpha value is -1.39. The summed E-state index contributed by atoms with van der Waals surface area (Å²) in [6, 6.07) is 5.96. The van der Waals surface area contributed by atoms with Gasteiger partial charge in [-0.1, -0.05) is 23.7 Å². The van der Waals surface area contributed by atoms with Gasteiger partial charge in [-0.15, -0.1) is 11.3 Å². The zero-order valence-electron chi connectivity index (χ0n) is 10.5. The average molecular weight is 293 g/mol. The van der Waals surface area contributed by atoms with Crippen molar-refractivity contribution in [2.75, 3.05) is 11.4 Å². The van der Waals surface area contributed by atoms with Gasteiger partial charge >= 0.3 is 0 Å². The van der Waals surface area contributed by atoms with Gasteiger partial charge in [0.1, 0.15) is 0 Å². The first-order valence-electron chi connectivity index (χ1n) is 6.13. The summed E-state index contributed by atoms with van der Waals surface area (Å²) in [7, 11) is 0. The predicted molar refractivity (Wildman–Crippen MR) is 78.3 cm³/mol.